The molecule has 0 spiro atoms. The summed E-state index contributed by atoms with van der Waals surface area (Å²) in [7, 11) is 1.76. The van der Waals surface area contributed by atoms with Gasteiger partial charge in [0.1, 0.15) is 5.60 Å². The second-order valence-electron chi connectivity index (χ2n) is 4.67. The van der Waals surface area contributed by atoms with Crippen molar-refractivity contribution in [2.24, 2.45) is 11.8 Å². The fourth-order valence-corrected chi connectivity index (χ4v) is 3.40. The van der Waals surface area contributed by atoms with Crippen LogP contribution in [0.5, 0.6) is 0 Å². The van der Waals surface area contributed by atoms with Crippen LogP contribution in [0.3, 0.4) is 0 Å². The topological polar surface area (TPSA) is 40.5 Å². The lowest BCUT2D eigenvalue weighted by atomic mass is 9.80. The highest BCUT2D eigenvalue weighted by Crippen LogP contribution is 2.48. The zero-order valence-corrected chi connectivity index (χ0v) is 9.29. The minimum atomic E-state index is -0.858. The molecule has 1 saturated carbocycles. The van der Waals surface area contributed by atoms with Crippen molar-refractivity contribution in [1.82, 2.24) is 4.90 Å². The first kappa shape index (κ1) is 10.2. The van der Waals surface area contributed by atoms with Gasteiger partial charge in [-0.15, -0.1) is 11.6 Å². The number of amides is 1. The van der Waals surface area contributed by atoms with Crippen molar-refractivity contribution < 1.29 is 9.90 Å². The van der Waals surface area contributed by atoms with Gasteiger partial charge >= 0.3 is 0 Å². The first-order valence-corrected chi connectivity index (χ1v) is 5.58. The van der Waals surface area contributed by atoms with Gasteiger partial charge in [-0.05, 0) is 12.3 Å². The fourth-order valence-electron chi connectivity index (χ4n) is 3.03. The number of rotatable bonds is 1. The third-order valence-corrected chi connectivity index (χ3v) is 4.40. The fraction of sp³-hybridized carbons (Fsp3) is 0.900. The molecule has 2 fully saturated rings. The minimum Gasteiger partial charge on any atom is -0.386 e. The number of aliphatic hydroxyl groups is 1. The SMILES string of the molecule is C[C@@H]1C[C@H]2N(C)C(=O)C[C@@H]1C2(O)CCl. The van der Waals surface area contributed by atoms with Gasteiger partial charge in [-0.3, -0.25) is 4.79 Å². The summed E-state index contributed by atoms with van der Waals surface area (Å²) in [5.41, 5.74) is -0.858. The van der Waals surface area contributed by atoms with E-state index in [0.717, 1.165) is 6.42 Å². The largest absolute Gasteiger partial charge is 0.386 e. The van der Waals surface area contributed by atoms with Gasteiger partial charge in [0.2, 0.25) is 5.91 Å². The number of likely N-dealkylation sites (N-methyl/N-ethyl adjacent to an activating group) is 1. The molecule has 1 heterocycles. The van der Waals surface area contributed by atoms with Crippen LogP contribution in [0.1, 0.15) is 19.8 Å². The van der Waals surface area contributed by atoms with Crippen LogP contribution in [0.2, 0.25) is 0 Å². The van der Waals surface area contributed by atoms with Crippen molar-refractivity contribution in [2.45, 2.75) is 31.4 Å². The molecule has 3 nitrogen and oxygen atoms in total. The summed E-state index contributed by atoms with van der Waals surface area (Å²) in [5, 5.41) is 10.4. The molecule has 1 unspecified atom stereocenters. The van der Waals surface area contributed by atoms with E-state index in [1.54, 1.807) is 11.9 Å². The monoisotopic (exact) mass is 217 g/mol. The maximum atomic E-state index is 11.6. The van der Waals surface area contributed by atoms with Gasteiger partial charge in [0.05, 0.1) is 11.9 Å². The zero-order valence-electron chi connectivity index (χ0n) is 8.53. The minimum absolute atomic E-state index is 0.0497. The smallest absolute Gasteiger partial charge is 0.223 e. The summed E-state index contributed by atoms with van der Waals surface area (Å²) < 4.78 is 0. The number of carbonyl (C=O) groups is 1. The third-order valence-electron chi connectivity index (χ3n) is 3.97. The van der Waals surface area contributed by atoms with E-state index in [-0.39, 0.29) is 23.7 Å². The van der Waals surface area contributed by atoms with Crippen molar-refractivity contribution in [3.05, 3.63) is 0 Å². The molecule has 14 heavy (non-hydrogen) atoms. The molecule has 1 saturated heterocycles. The Morgan fingerprint density at radius 3 is 2.93 bits per heavy atom. The Kier molecular flexibility index (Phi) is 2.27. The number of fused-ring (bicyclic) bond motifs is 2. The normalized spacial score (nSPS) is 47.3. The van der Waals surface area contributed by atoms with Crippen LogP contribution in [0.4, 0.5) is 0 Å². The van der Waals surface area contributed by atoms with E-state index < -0.39 is 5.60 Å². The summed E-state index contributed by atoms with van der Waals surface area (Å²) in [6, 6.07) is -0.0822. The molecule has 0 aromatic heterocycles. The zero-order chi connectivity index (χ0) is 10.5. The lowest BCUT2D eigenvalue weighted by molar-refractivity contribution is -0.149. The number of nitrogens with zero attached hydrogens (tertiary/aromatic N) is 1. The Bertz CT molecular complexity index is 271. The molecule has 4 atom stereocenters. The number of hydrogen-bond acceptors (Lipinski definition) is 2. The molecule has 80 valence electrons. The number of hydrogen-bond donors (Lipinski definition) is 1. The highest BCUT2D eigenvalue weighted by molar-refractivity contribution is 6.18. The molecule has 0 aromatic rings. The third kappa shape index (κ3) is 1.12. The maximum absolute atomic E-state index is 11.6. The average Bonchev–Trinajstić information content (AvgIpc) is 2.33. The quantitative estimate of drug-likeness (QED) is 0.662. The van der Waals surface area contributed by atoms with Crippen molar-refractivity contribution in [3.63, 3.8) is 0 Å². The second kappa shape index (κ2) is 3.11. The van der Waals surface area contributed by atoms with Gasteiger partial charge in [-0.2, -0.15) is 0 Å². The first-order valence-electron chi connectivity index (χ1n) is 5.04. The molecule has 0 radical (unpaired) electrons. The van der Waals surface area contributed by atoms with E-state index in [1.807, 2.05) is 0 Å². The second-order valence-corrected chi connectivity index (χ2v) is 4.94. The molecular formula is C10H16ClNO2. The Labute approximate surface area is 89.0 Å². The van der Waals surface area contributed by atoms with Gasteiger partial charge in [-0.25, -0.2) is 0 Å². The van der Waals surface area contributed by atoms with Crippen LogP contribution in [0, 0.1) is 11.8 Å². The predicted molar refractivity (Wildman–Crippen MR) is 54.1 cm³/mol. The summed E-state index contributed by atoms with van der Waals surface area (Å²) in [4.78, 5) is 13.2. The molecular weight excluding hydrogens is 202 g/mol. The van der Waals surface area contributed by atoms with Crippen LogP contribution in [-0.4, -0.2) is 40.5 Å². The van der Waals surface area contributed by atoms with Gasteiger partial charge in [0, 0.05) is 19.4 Å². The average molecular weight is 218 g/mol. The molecule has 2 aliphatic rings. The van der Waals surface area contributed by atoms with E-state index in [0.29, 0.717) is 12.3 Å². The van der Waals surface area contributed by atoms with Gasteiger partial charge < -0.3 is 10.0 Å². The molecule has 4 heteroatoms. The van der Waals surface area contributed by atoms with Crippen molar-refractivity contribution in [2.75, 3.05) is 12.9 Å². The summed E-state index contributed by atoms with van der Waals surface area (Å²) in [6.07, 6.45) is 1.31. The number of halogens is 1. The van der Waals surface area contributed by atoms with Crippen molar-refractivity contribution in [1.29, 1.82) is 0 Å². The standard InChI is InChI=1S/C10H16ClNO2/c1-6-3-8-10(14,5-11)7(6)4-9(13)12(8)2/h6-8,14H,3-5H2,1-2H3/t6-,7+,8-,10?/m1/s1. The molecule has 2 rings (SSSR count). The predicted octanol–water partition coefficient (Wildman–Crippen LogP) is 0.843. The Morgan fingerprint density at radius 2 is 2.36 bits per heavy atom. The number of piperidine rings is 1. The van der Waals surface area contributed by atoms with Crippen LogP contribution in [0.25, 0.3) is 0 Å². The maximum Gasteiger partial charge on any atom is 0.223 e. The highest BCUT2D eigenvalue weighted by atomic mass is 35.5. The van der Waals surface area contributed by atoms with Crippen LogP contribution in [0.15, 0.2) is 0 Å². The lowest BCUT2D eigenvalue weighted by Gasteiger charge is -2.43. The number of alkyl halides is 1. The molecule has 1 aliphatic carbocycles. The van der Waals surface area contributed by atoms with Gasteiger partial charge in [-0.1, -0.05) is 6.92 Å². The van der Waals surface area contributed by atoms with E-state index in [1.165, 1.54) is 0 Å². The molecule has 2 bridgehead atoms. The molecule has 1 amide bonds. The van der Waals surface area contributed by atoms with Crippen molar-refractivity contribution >= 4 is 17.5 Å². The van der Waals surface area contributed by atoms with E-state index in [4.69, 9.17) is 11.6 Å². The summed E-state index contributed by atoms with van der Waals surface area (Å²) in [6.45, 7) is 2.09. The van der Waals surface area contributed by atoms with Gasteiger partial charge in [0.15, 0.2) is 0 Å². The molecule has 1 aliphatic heterocycles. The lowest BCUT2D eigenvalue weighted by Crippen LogP contribution is -2.59. The van der Waals surface area contributed by atoms with Crippen molar-refractivity contribution in [3.8, 4) is 0 Å². The van der Waals surface area contributed by atoms with Gasteiger partial charge in [0.25, 0.3) is 0 Å². The summed E-state index contributed by atoms with van der Waals surface area (Å²) >= 11 is 5.84. The first-order chi connectivity index (χ1) is 6.50. The van der Waals surface area contributed by atoms with E-state index in [9.17, 15) is 9.90 Å². The highest BCUT2D eigenvalue weighted by Gasteiger charge is 2.58. The van der Waals surface area contributed by atoms with Crippen LogP contribution < -0.4 is 0 Å². The van der Waals surface area contributed by atoms with Crippen LogP contribution >= 0.6 is 11.6 Å². The molecule has 0 aromatic carbocycles. The summed E-state index contributed by atoms with van der Waals surface area (Å²) in [5.74, 6) is 0.801. The van der Waals surface area contributed by atoms with E-state index >= 15 is 0 Å². The Morgan fingerprint density at radius 1 is 1.71 bits per heavy atom. The Balaban J connectivity index is 2.36. The van der Waals surface area contributed by atoms with Crippen LogP contribution in [-0.2, 0) is 4.79 Å². The van der Waals surface area contributed by atoms with E-state index in [2.05, 4.69) is 6.92 Å². The number of likely N-dealkylation sites (tertiary alicyclic amines) is 1. The molecule has 1 N–H and O–H groups in total. The number of carbonyl (C=O) groups excluding carboxylic acids is 1. The Hall–Kier alpha value is -0.280.